The van der Waals surface area contributed by atoms with Gasteiger partial charge >= 0.3 is 0 Å². The first kappa shape index (κ1) is 10.8. The van der Waals surface area contributed by atoms with E-state index in [4.69, 9.17) is 23.2 Å². The highest BCUT2D eigenvalue weighted by Crippen LogP contribution is 2.47. The monoisotopic (exact) mass is 233 g/mol. The molecule has 0 heterocycles. The first-order valence-corrected chi connectivity index (χ1v) is 6.26. The number of hydrogen-bond donors (Lipinski definition) is 1. The highest BCUT2D eigenvalue weighted by atomic mass is 35.5. The van der Waals surface area contributed by atoms with Crippen molar-refractivity contribution in [1.29, 1.82) is 0 Å². The molecule has 0 aromatic carbocycles. The number of rotatable bonds is 4. The molecule has 1 nitrogen and oxygen atoms in total. The van der Waals surface area contributed by atoms with Crippen LogP contribution < -0.4 is 5.32 Å². The second kappa shape index (κ2) is 4.87. The molecule has 0 aromatic heterocycles. The molecule has 0 aliphatic heterocycles. The molecule has 2 saturated carbocycles. The third kappa shape index (κ3) is 2.44. The third-order valence-corrected chi connectivity index (χ3v) is 4.32. The van der Waals surface area contributed by atoms with Crippen molar-refractivity contribution in [3.05, 3.63) is 10.6 Å². The van der Waals surface area contributed by atoms with Crippen LogP contribution >= 0.6 is 23.2 Å². The Balaban J connectivity index is 1.67. The van der Waals surface area contributed by atoms with E-state index in [2.05, 4.69) is 5.32 Å². The van der Waals surface area contributed by atoms with Crippen LogP contribution in [0.3, 0.4) is 0 Å². The molecule has 1 N–H and O–H groups in total. The van der Waals surface area contributed by atoms with Crippen molar-refractivity contribution in [1.82, 2.24) is 5.32 Å². The summed E-state index contributed by atoms with van der Waals surface area (Å²) >= 11 is 11.3. The fraction of sp³-hybridized carbons (Fsp3) is 0.818. The van der Waals surface area contributed by atoms with E-state index >= 15 is 0 Å². The predicted octanol–water partition coefficient (Wildman–Crippen LogP) is 3.33. The Kier molecular flexibility index (Phi) is 3.75. The first-order valence-electron chi connectivity index (χ1n) is 5.45. The van der Waals surface area contributed by atoms with Crippen LogP contribution in [0.25, 0.3) is 0 Å². The SMILES string of the molecule is ClC=C(Cl)CNCC1CC2CCC1C2. The van der Waals surface area contributed by atoms with E-state index in [-0.39, 0.29) is 0 Å². The molecule has 0 amide bonds. The lowest BCUT2D eigenvalue weighted by Gasteiger charge is -2.21. The molecule has 2 bridgehead atoms. The van der Waals surface area contributed by atoms with E-state index < -0.39 is 0 Å². The summed E-state index contributed by atoms with van der Waals surface area (Å²) in [6.45, 7) is 1.83. The van der Waals surface area contributed by atoms with Gasteiger partial charge in [0.15, 0.2) is 0 Å². The lowest BCUT2D eigenvalue weighted by atomic mass is 9.89. The summed E-state index contributed by atoms with van der Waals surface area (Å²) in [4.78, 5) is 0. The van der Waals surface area contributed by atoms with Crippen LogP contribution in [-0.4, -0.2) is 13.1 Å². The zero-order chi connectivity index (χ0) is 9.97. The minimum atomic E-state index is 0.704. The molecule has 0 saturated heterocycles. The molecule has 2 aliphatic rings. The Morgan fingerprint density at radius 3 is 2.79 bits per heavy atom. The zero-order valence-electron chi connectivity index (χ0n) is 8.31. The minimum Gasteiger partial charge on any atom is -0.311 e. The van der Waals surface area contributed by atoms with Crippen molar-refractivity contribution in [3.8, 4) is 0 Å². The van der Waals surface area contributed by atoms with E-state index in [1.807, 2.05) is 0 Å². The molecule has 3 heteroatoms. The molecule has 2 fully saturated rings. The van der Waals surface area contributed by atoms with Gasteiger partial charge in [-0.15, -0.1) is 0 Å². The average Bonchev–Trinajstić information content (AvgIpc) is 2.79. The topological polar surface area (TPSA) is 12.0 Å². The van der Waals surface area contributed by atoms with Crippen LogP contribution in [0.1, 0.15) is 25.7 Å². The van der Waals surface area contributed by atoms with E-state index in [1.165, 1.54) is 31.2 Å². The van der Waals surface area contributed by atoms with Crippen LogP contribution in [0.5, 0.6) is 0 Å². The number of halogens is 2. The molecule has 0 aromatic rings. The third-order valence-electron chi connectivity index (χ3n) is 3.70. The van der Waals surface area contributed by atoms with Gasteiger partial charge in [0, 0.05) is 17.1 Å². The Morgan fingerprint density at radius 1 is 1.36 bits per heavy atom. The highest BCUT2D eigenvalue weighted by Gasteiger charge is 2.38. The molecule has 0 spiro atoms. The fourth-order valence-corrected chi connectivity index (χ4v) is 3.21. The van der Waals surface area contributed by atoms with Gasteiger partial charge in [-0.2, -0.15) is 0 Å². The van der Waals surface area contributed by atoms with Crippen molar-refractivity contribution in [2.45, 2.75) is 25.7 Å². The molecule has 2 aliphatic carbocycles. The molecule has 2 rings (SSSR count). The zero-order valence-corrected chi connectivity index (χ0v) is 9.82. The van der Waals surface area contributed by atoms with Gasteiger partial charge < -0.3 is 5.32 Å². The van der Waals surface area contributed by atoms with Crippen LogP contribution in [0.4, 0.5) is 0 Å². The molecular formula is C11H17Cl2N. The van der Waals surface area contributed by atoms with E-state index in [0.717, 1.165) is 30.8 Å². The quantitative estimate of drug-likeness (QED) is 0.786. The van der Waals surface area contributed by atoms with Gasteiger partial charge in [-0.05, 0) is 43.6 Å². The Bertz CT molecular complexity index is 227. The Hall–Kier alpha value is 0.280. The highest BCUT2D eigenvalue weighted by molar-refractivity contribution is 6.36. The van der Waals surface area contributed by atoms with Gasteiger partial charge in [0.05, 0.1) is 0 Å². The normalized spacial score (nSPS) is 36.7. The van der Waals surface area contributed by atoms with Crippen molar-refractivity contribution < 1.29 is 0 Å². The summed E-state index contributed by atoms with van der Waals surface area (Å²) in [5.74, 6) is 2.92. The molecule has 0 radical (unpaired) electrons. The van der Waals surface area contributed by atoms with Crippen LogP contribution in [-0.2, 0) is 0 Å². The first-order chi connectivity index (χ1) is 6.79. The van der Waals surface area contributed by atoms with E-state index in [9.17, 15) is 0 Å². The Morgan fingerprint density at radius 2 is 2.21 bits per heavy atom. The summed E-state index contributed by atoms with van der Waals surface area (Å²) in [6, 6.07) is 0. The summed E-state index contributed by atoms with van der Waals surface area (Å²) < 4.78 is 0. The standard InChI is InChI=1S/C11H17Cl2N/c12-5-11(13)7-14-6-10-4-8-1-2-9(10)3-8/h5,8-10,14H,1-4,6-7H2. The lowest BCUT2D eigenvalue weighted by molar-refractivity contribution is 0.322. The van der Waals surface area contributed by atoms with Crippen molar-refractivity contribution in [2.75, 3.05) is 13.1 Å². The molecule has 80 valence electrons. The lowest BCUT2D eigenvalue weighted by Crippen LogP contribution is -2.27. The second-order valence-electron chi connectivity index (χ2n) is 4.62. The van der Waals surface area contributed by atoms with Gasteiger partial charge in [0.2, 0.25) is 0 Å². The van der Waals surface area contributed by atoms with Gasteiger partial charge in [0.25, 0.3) is 0 Å². The van der Waals surface area contributed by atoms with Gasteiger partial charge in [-0.3, -0.25) is 0 Å². The summed E-state index contributed by atoms with van der Waals surface area (Å²) in [7, 11) is 0. The number of hydrogen-bond acceptors (Lipinski definition) is 1. The maximum absolute atomic E-state index is 5.80. The minimum absolute atomic E-state index is 0.704. The Labute approximate surface area is 95.8 Å². The van der Waals surface area contributed by atoms with Crippen molar-refractivity contribution in [3.63, 3.8) is 0 Å². The maximum atomic E-state index is 5.80. The summed E-state index contributed by atoms with van der Waals surface area (Å²) in [5, 5.41) is 4.08. The maximum Gasteiger partial charge on any atom is 0.0431 e. The van der Waals surface area contributed by atoms with E-state index in [0.29, 0.717) is 5.03 Å². The molecular weight excluding hydrogens is 217 g/mol. The molecule has 3 unspecified atom stereocenters. The molecule has 14 heavy (non-hydrogen) atoms. The van der Waals surface area contributed by atoms with E-state index in [1.54, 1.807) is 0 Å². The molecule has 3 atom stereocenters. The predicted molar refractivity (Wildman–Crippen MR) is 61.6 cm³/mol. The fourth-order valence-electron chi connectivity index (χ4n) is 3.04. The number of nitrogens with one attached hydrogen (secondary N) is 1. The summed E-state index contributed by atoms with van der Waals surface area (Å²) in [6.07, 6.45) is 5.84. The van der Waals surface area contributed by atoms with Crippen LogP contribution in [0.2, 0.25) is 0 Å². The van der Waals surface area contributed by atoms with Crippen molar-refractivity contribution in [2.24, 2.45) is 17.8 Å². The van der Waals surface area contributed by atoms with Gasteiger partial charge in [0.1, 0.15) is 0 Å². The van der Waals surface area contributed by atoms with Gasteiger partial charge in [-0.25, -0.2) is 0 Å². The smallest absolute Gasteiger partial charge is 0.0431 e. The second-order valence-corrected chi connectivity index (χ2v) is 5.33. The van der Waals surface area contributed by atoms with Crippen LogP contribution in [0, 0.1) is 17.8 Å². The van der Waals surface area contributed by atoms with Gasteiger partial charge in [-0.1, -0.05) is 29.6 Å². The van der Waals surface area contributed by atoms with Crippen molar-refractivity contribution >= 4 is 23.2 Å². The van der Waals surface area contributed by atoms with Crippen LogP contribution in [0.15, 0.2) is 10.6 Å². The number of fused-ring (bicyclic) bond motifs is 2. The summed E-state index contributed by atoms with van der Waals surface area (Å²) in [5.41, 5.74) is 1.44. The average molecular weight is 234 g/mol. The largest absolute Gasteiger partial charge is 0.311 e.